The zero-order valence-corrected chi connectivity index (χ0v) is 10.8. The molecular formula is C10H12N4O4S. The number of aliphatic hydroxyl groups is 1. The summed E-state index contributed by atoms with van der Waals surface area (Å²) in [5.74, 6) is -1.93. The van der Waals surface area contributed by atoms with E-state index in [-0.39, 0.29) is 11.3 Å². The highest BCUT2D eigenvalue weighted by atomic mass is 32.2. The summed E-state index contributed by atoms with van der Waals surface area (Å²) in [5.41, 5.74) is 0. The largest absolute Gasteiger partial charge is 0.480 e. The van der Waals surface area contributed by atoms with Crippen LogP contribution >= 0.6 is 11.8 Å². The van der Waals surface area contributed by atoms with Crippen LogP contribution in [0.25, 0.3) is 0 Å². The molecule has 2 aliphatic heterocycles. The number of carbonyl (C=O) groups is 2. The number of aliphatic carboxylic acids is 1. The minimum atomic E-state index is -1.08. The molecule has 19 heavy (non-hydrogen) atoms. The van der Waals surface area contributed by atoms with Crippen molar-refractivity contribution in [1.82, 2.24) is 19.9 Å². The number of aliphatic hydroxyl groups excluding tert-OH is 1. The van der Waals surface area contributed by atoms with E-state index in [1.807, 2.05) is 0 Å². The number of aromatic nitrogens is 3. The third kappa shape index (κ3) is 1.65. The average Bonchev–Trinajstić information content (AvgIpc) is 2.92. The van der Waals surface area contributed by atoms with Gasteiger partial charge in [0.05, 0.1) is 23.6 Å². The van der Waals surface area contributed by atoms with Crippen molar-refractivity contribution in [2.75, 3.05) is 0 Å². The molecular weight excluding hydrogens is 272 g/mol. The Morgan fingerprint density at radius 2 is 2.26 bits per heavy atom. The number of β-lactam (4-membered cyclic amide) rings is 1. The molecule has 5 atom stereocenters. The highest BCUT2D eigenvalue weighted by molar-refractivity contribution is 8.00. The van der Waals surface area contributed by atoms with E-state index in [1.165, 1.54) is 27.5 Å². The monoisotopic (exact) mass is 284 g/mol. The molecule has 0 aliphatic carbocycles. The van der Waals surface area contributed by atoms with E-state index in [0.717, 1.165) is 0 Å². The molecule has 1 aromatic rings. The van der Waals surface area contributed by atoms with Crippen molar-refractivity contribution in [3.05, 3.63) is 12.4 Å². The summed E-state index contributed by atoms with van der Waals surface area (Å²) in [6.45, 7) is 1.54. The summed E-state index contributed by atoms with van der Waals surface area (Å²) in [5, 5.41) is 25.5. The molecule has 9 heteroatoms. The second-order valence-electron chi connectivity index (χ2n) is 4.60. The summed E-state index contributed by atoms with van der Waals surface area (Å²) < 4.78 is 1.44. The fraction of sp³-hybridized carbons (Fsp3) is 0.600. The van der Waals surface area contributed by atoms with Gasteiger partial charge >= 0.3 is 5.97 Å². The van der Waals surface area contributed by atoms with Gasteiger partial charge in [-0.05, 0) is 6.92 Å². The first kappa shape index (κ1) is 12.4. The fourth-order valence-corrected chi connectivity index (χ4v) is 4.35. The van der Waals surface area contributed by atoms with Gasteiger partial charge in [0.2, 0.25) is 5.91 Å². The molecule has 102 valence electrons. The van der Waals surface area contributed by atoms with Gasteiger partial charge in [-0.3, -0.25) is 4.79 Å². The first-order chi connectivity index (χ1) is 9.02. The zero-order chi connectivity index (χ0) is 13.7. The second-order valence-corrected chi connectivity index (χ2v) is 5.83. The molecule has 1 aromatic heterocycles. The van der Waals surface area contributed by atoms with Crippen LogP contribution in [0.15, 0.2) is 12.4 Å². The van der Waals surface area contributed by atoms with Gasteiger partial charge in [0.15, 0.2) is 6.04 Å². The molecule has 1 amide bonds. The van der Waals surface area contributed by atoms with Crippen LogP contribution in [-0.2, 0) is 9.59 Å². The number of amides is 1. The summed E-state index contributed by atoms with van der Waals surface area (Å²) in [6.07, 6.45) is 2.25. The first-order valence-electron chi connectivity index (χ1n) is 5.76. The Balaban J connectivity index is 1.92. The molecule has 2 saturated heterocycles. The van der Waals surface area contributed by atoms with Crippen molar-refractivity contribution in [2.24, 2.45) is 5.92 Å². The summed E-state index contributed by atoms with van der Waals surface area (Å²) in [4.78, 5) is 24.7. The van der Waals surface area contributed by atoms with Gasteiger partial charge in [-0.15, -0.1) is 16.9 Å². The second kappa shape index (κ2) is 4.20. The minimum Gasteiger partial charge on any atom is -0.480 e. The van der Waals surface area contributed by atoms with Crippen LogP contribution in [0.3, 0.4) is 0 Å². The Morgan fingerprint density at radius 3 is 2.79 bits per heavy atom. The van der Waals surface area contributed by atoms with Gasteiger partial charge in [0.25, 0.3) is 0 Å². The van der Waals surface area contributed by atoms with Crippen LogP contribution in [-0.4, -0.2) is 59.5 Å². The van der Waals surface area contributed by atoms with Crippen LogP contribution in [0.4, 0.5) is 0 Å². The van der Waals surface area contributed by atoms with Gasteiger partial charge in [-0.25, -0.2) is 9.48 Å². The van der Waals surface area contributed by atoms with E-state index in [4.69, 9.17) is 0 Å². The molecule has 2 N–H and O–H groups in total. The molecule has 3 heterocycles. The molecule has 2 aliphatic rings. The maximum Gasteiger partial charge on any atom is 0.329 e. The van der Waals surface area contributed by atoms with Crippen molar-refractivity contribution < 1.29 is 19.8 Å². The predicted octanol–water partition coefficient (Wildman–Crippen LogP) is -0.858. The Hall–Kier alpha value is -1.61. The number of carbonyl (C=O) groups excluding carboxylic acids is 1. The van der Waals surface area contributed by atoms with Gasteiger partial charge in [0, 0.05) is 6.20 Å². The summed E-state index contributed by atoms with van der Waals surface area (Å²) >= 11 is 1.32. The van der Waals surface area contributed by atoms with E-state index in [2.05, 4.69) is 10.3 Å². The van der Waals surface area contributed by atoms with Crippen LogP contribution < -0.4 is 0 Å². The summed E-state index contributed by atoms with van der Waals surface area (Å²) in [6, 6.07) is -0.973. The van der Waals surface area contributed by atoms with Crippen molar-refractivity contribution in [3.63, 3.8) is 0 Å². The predicted molar refractivity (Wildman–Crippen MR) is 63.9 cm³/mol. The van der Waals surface area contributed by atoms with Crippen molar-refractivity contribution in [2.45, 2.75) is 29.8 Å². The van der Waals surface area contributed by atoms with Gasteiger partial charge in [0.1, 0.15) is 5.37 Å². The topological polar surface area (TPSA) is 109 Å². The number of hydrogen-bond donors (Lipinski definition) is 2. The van der Waals surface area contributed by atoms with E-state index in [9.17, 15) is 19.8 Å². The minimum absolute atomic E-state index is 0.317. The van der Waals surface area contributed by atoms with E-state index in [1.54, 1.807) is 13.1 Å². The zero-order valence-electron chi connectivity index (χ0n) is 9.95. The van der Waals surface area contributed by atoms with Crippen molar-refractivity contribution in [1.29, 1.82) is 0 Å². The molecule has 8 nitrogen and oxygen atoms in total. The van der Waals surface area contributed by atoms with Gasteiger partial charge in [-0.2, -0.15) is 0 Å². The average molecular weight is 284 g/mol. The van der Waals surface area contributed by atoms with E-state index >= 15 is 0 Å². The lowest BCUT2D eigenvalue weighted by Crippen LogP contribution is -2.64. The Labute approximate surface area is 112 Å². The number of thioether (sulfide) groups is 1. The van der Waals surface area contributed by atoms with E-state index in [0.29, 0.717) is 0 Å². The number of carboxylic acid groups (broad SMARTS) is 1. The van der Waals surface area contributed by atoms with Crippen LogP contribution in [0, 0.1) is 5.92 Å². The van der Waals surface area contributed by atoms with Gasteiger partial charge < -0.3 is 15.1 Å². The lowest BCUT2D eigenvalue weighted by atomic mass is 9.91. The Kier molecular flexibility index (Phi) is 2.75. The van der Waals surface area contributed by atoms with E-state index < -0.39 is 29.4 Å². The van der Waals surface area contributed by atoms with Crippen molar-refractivity contribution in [3.8, 4) is 0 Å². The number of fused-ring (bicyclic) bond motifs is 1. The lowest BCUT2D eigenvalue weighted by molar-refractivity contribution is -0.168. The first-order valence-corrected chi connectivity index (χ1v) is 6.71. The fourth-order valence-electron chi connectivity index (χ4n) is 2.56. The Bertz CT molecular complexity index is 520. The third-order valence-electron chi connectivity index (χ3n) is 3.44. The number of carboxylic acids is 1. The molecule has 0 aromatic carbocycles. The molecule has 0 bridgehead atoms. The number of rotatable bonds is 3. The van der Waals surface area contributed by atoms with Gasteiger partial charge in [-0.1, -0.05) is 5.21 Å². The van der Waals surface area contributed by atoms with Crippen LogP contribution in [0.2, 0.25) is 0 Å². The smallest absolute Gasteiger partial charge is 0.329 e. The molecule has 0 spiro atoms. The lowest BCUT2D eigenvalue weighted by Gasteiger charge is -2.44. The standard InChI is InChI=1S/C10H12N4O4S/c1-4(15)5-7(16)14-6(10(17)18)9(19-8(5)14)13-3-2-11-12-13/h2-6,8-9,15H,1H3,(H,17,18)/t4?,5-,6+,8-,9-/m1/s1. The van der Waals surface area contributed by atoms with Crippen LogP contribution in [0.5, 0.6) is 0 Å². The highest BCUT2D eigenvalue weighted by Crippen LogP contribution is 2.52. The molecule has 1 unspecified atom stereocenters. The molecule has 0 radical (unpaired) electrons. The third-order valence-corrected chi connectivity index (χ3v) is 5.00. The molecule has 2 fully saturated rings. The maximum atomic E-state index is 12.0. The Morgan fingerprint density at radius 1 is 1.53 bits per heavy atom. The number of hydrogen-bond acceptors (Lipinski definition) is 6. The quantitative estimate of drug-likeness (QED) is 0.695. The highest BCUT2D eigenvalue weighted by Gasteiger charge is 2.62. The van der Waals surface area contributed by atoms with Crippen LogP contribution in [0.1, 0.15) is 12.3 Å². The maximum absolute atomic E-state index is 12.0. The molecule has 3 rings (SSSR count). The SMILES string of the molecule is CC(O)[C@@H]1C(=O)N2[C@@H]1S[C@@H](n1ccnn1)[C@H]2C(=O)O. The molecule has 0 saturated carbocycles. The number of nitrogens with zero attached hydrogens (tertiary/aromatic N) is 4. The normalized spacial score (nSPS) is 34.8. The van der Waals surface area contributed by atoms with Crippen molar-refractivity contribution >= 4 is 23.6 Å². The summed E-state index contributed by atoms with van der Waals surface area (Å²) in [7, 11) is 0.